The van der Waals surface area contributed by atoms with Crippen molar-refractivity contribution in [1.29, 1.82) is 0 Å². The fourth-order valence-corrected chi connectivity index (χ4v) is 5.54. The van der Waals surface area contributed by atoms with Gasteiger partial charge in [-0.25, -0.2) is 14.8 Å². The van der Waals surface area contributed by atoms with Gasteiger partial charge in [-0.15, -0.1) is 5.10 Å². The van der Waals surface area contributed by atoms with E-state index >= 15 is 0 Å². The molecule has 0 unspecified atom stereocenters. The van der Waals surface area contributed by atoms with E-state index in [1.807, 2.05) is 47.7 Å². The number of aryl methyl sites for hydroxylation is 1. The molecule has 0 atom stereocenters. The van der Waals surface area contributed by atoms with Crippen LogP contribution in [0.15, 0.2) is 61.3 Å². The molecule has 1 aliphatic rings. The van der Waals surface area contributed by atoms with Gasteiger partial charge in [-0.3, -0.25) is 14.6 Å². The molecule has 0 bridgehead atoms. The van der Waals surface area contributed by atoms with Crippen molar-refractivity contribution < 1.29 is 14.3 Å². The SMILES string of the molecule is CCn1cncc1Cn1c(CN2CCC(n3ccc(OCc4ccc(Cl)cn4)n3)CC2)nc2ccc(C(=O)OC)cc21. The van der Waals surface area contributed by atoms with E-state index in [2.05, 4.69) is 36.0 Å². The lowest BCUT2D eigenvalue weighted by Gasteiger charge is -2.31. The van der Waals surface area contributed by atoms with Crippen molar-refractivity contribution in [2.75, 3.05) is 20.2 Å². The molecule has 0 radical (unpaired) electrons. The van der Waals surface area contributed by atoms with Gasteiger partial charge in [0.2, 0.25) is 5.88 Å². The van der Waals surface area contributed by atoms with Gasteiger partial charge in [0.1, 0.15) is 12.4 Å². The molecule has 0 N–H and O–H groups in total. The summed E-state index contributed by atoms with van der Waals surface area (Å²) in [5, 5.41) is 5.27. The molecular formula is C30H33ClN8O3. The minimum Gasteiger partial charge on any atom is -0.470 e. The van der Waals surface area contributed by atoms with Crippen LogP contribution in [-0.4, -0.2) is 64.9 Å². The number of carbonyl (C=O) groups is 1. The third-order valence-corrected chi connectivity index (χ3v) is 7.97. The number of nitrogens with zero attached hydrogens (tertiary/aromatic N) is 8. The minimum absolute atomic E-state index is 0.299. The lowest BCUT2D eigenvalue weighted by Crippen LogP contribution is -2.35. The molecule has 0 saturated carbocycles. The Balaban J connectivity index is 1.14. The lowest BCUT2D eigenvalue weighted by molar-refractivity contribution is 0.0601. The summed E-state index contributed by atoms with van der Waals surface area (Å²) < 4.78 is 17.1. The Bertz CT molecular complexity index is 1670. The van der Waals surface area contributed by atoms with Crippen LogP contribution in [0, 0.1) is 0 Å². The number of halogens is 1. The number of imidazole rings is 2. The maximum Gasteiger partial charge on any atom is 0.337 e. The van der Waals surface area contributed by atoms with E-state index in [1.165, 1.54) is 7.11 Å². The molecule has 1 saturated heterocycles. The summed E-state index contributed by atoms with van der Waals surface area (Å²) in [5.41, 5.74) is 4.16. The molecule has 12 heteroatoms. The first kappa shape index (κ1) is 27.9. The number of esters is 1. The minimum atomic E-state index is -0.360. The zero-order valence-corrected chi connectivity index (χ0v) is 24.4. The van der Waals surface area contributed by atoms with Crippen molar-refractivity contribution in [3.05, 3.63) is 89.1 Å². The number of piperidine rings is 1. The van der Waals surface area contributed by atoms with Crippen LogP contribution in [0.5, 0.6) is 5.88 Å². The first-order valence-electron chi connectivity index (χ1n) is 14.1. The fourth-order valence-electron chi connectivity index (χ4n) is 5.42. The van der Waals surface area contributed by atoms with Crippen LogP contribution in [0.4, 0.5) is 0 Å². The third kappa shape index (κ3) is 6.02. The molecule has 0 amide bonds. The van der Waals surface area contributed by atoms with Crippen molar-refractivity contribution in [2.24, 2.45) is 0 Å². The van der Waals surface area contributed by atoms with Gasteiger partial charge in [0.05, 0.1) is 65.6 Å². The number of aromatic nitrogens is 7. The number of fused-ring (bicyclic) bond motifs is 1. The van der Waals surface area contributed by atoms with E-state index < -0.39 is 0 Å². The Morgan fingerprint density at radius 2 is 1.95 bits per heavy atom. The Hall–Kier alpha value is -4.22. The second-order valence-electron chi connectivity index (χ2n) is 10.4. The Labute approximate surface area is 248 Å². The lowest BCUT2D eigenvalue weighted by atomic mass is 10.1. The zero-order chi connectivity index (χ0) is 29.1. The summed E-state index contributed by atoms with van der Waals surface area (Å²) in [6.07, 6.45) is 9.27. The van der Waals surface area contributed by atoms with Gasteiger partial charge in [-0.1, -0.05) is 11.6 Å². The predicted octanol–water partition coefficient (Wildman–Crippen LogP) is 4.75. The van der Waals surface area contributed by atoms with Crippen molar-refractivity contribution in [3.8, 4) is 5.88 Å². The second-order valence-corrected chi connectivity index (χ2v) is 10.8. The van der Waals surface area contributed by atoms with Crippen LogP contribution in [0.3, 0.4) is 0 Å². The molecule has 5 aromatic rings. The van der Waals surface area contributed by atoms with Crippen molar-refractivity contribution in [1.82, 2.24) is 38.8 Å². The molecule has 11 nitrogen and oxygen atoms in total. The number of pyridine rings is 1. The molecule has 1 aliphatic heterocycles. The van der Waals surface area contributed by atoms with Crippen LogP contribution in [0.1, 0.15) is 53.4 Å². The van der Waals surface area contributed by atoms with Gasteiger partial charge >= 0.3 is 5.97 Å². The summed E-state index contributed by atoms with van der Waals surface area (Å²) >= 11 is 5.91. The molecule has 1 aromatic carbocycles. The standard InChI is InChI=1S/C30H33ClN8O3/c1-3-37-20-32-16-25(37)17-38-27-14-21(30(40)41-2)4-7-26(27)34-28(38)18-36-11-8-24(9-12-36)39-13-10-29(35-39)42-19-23-6-5-22(31)15-33-23/h4-7,10,13-16,20,24H,3,8-9,11-12,17-19H2,1-2H3. The Morgan fingerprint density at radius 1 is 1.10 bits per heavy atom. The number of carbonyl (C=O) groups excluding carboxylic acids is 1. The van der Waals surface area contributed by atoms with Crippen molar-refractivity contribution in [3.63, 3.8) is 0 Å². The number of hydrogen-bond donors (Lipinski definition) is 0. The van der Waals surface area contributed by atoms with Crippen LogP contribution in [0.2, 0.25) is 5.02 Å². The van der Waals surface area contributed by atoms with Gasteiger partial charge in [0.25, 0.3) is 0 Å². The number of methoxy groups -OCH3 is 1. The van der Waals surface area contributed by atoms with Crippen LogP contribution in [0.25, 0.3) is 11.0 Å². The highest BCUT2D eigenvalue weighted by molar-refractivity contribution is 6.30. The normalized spacial score (nSPS) is 14.5. The highest BCUT2D eigenvalue weighted by Gasteiger charge is 2.24. The number of rotatable bonds is 10. The Morgan fingerprint density at radius 3 is 2.71 bits per heavy atom. The largest absolute Gasteiger partial charge is 0.470 e. The number of hydrogen-bond acceptors (Lipinski definition) is 8. The maximum atomic E-state index is 12.3. The number of benzene rings is 1. The van der Waals surface area contributed by atoms with Crippen LogP contribution >= 0.6 is 11.6 Å². The van der Waals surface area contributed by atoms with E-state index in [9.17, 15) is 4.79 Å². The van der Waals surface area contributed by atoms with E-state index in [-0.39, 0.29) is 5.97 Å². The van der Waals surface area contributed by atoms with Crippen LogP contribution < -0.4 is 4.74 Å². The molecule has 0 aliphatic carbocycles. The van der Waals surface area contributed by atoms with E-state index in [1.54, 1.807) is 18.3 Å². The highest BCUT2D eigenvalue weighted by atomic mass is 35.5. The molecule has 5 heterocycles. The summed E-state index contributed by atoms with van der Waals surface area (Å²) in [7, 11) is 1.40. The third-order valence-electron chi connectivity index (χ3n) is 7.74. The second kappa shape index (κ2) is 12.3. The Kier molecular flexibility index (Phi) is 8.20. The monoisotopic (exact) mass is 588 g/mol. The molecule has 0 spiro atoms. The zero-order valence-electron chi connectivity index (χ0n) is 23.7. The average Bonchev–Trinajstić information content (AvgIpc) is 3.76. The molecule has 6 rings (SSSR count). The number of ether oxygens (including phenoxy) is 2. The van der Waals surface area contributed by atoms with Gasteiger partial charge in [0, 0.05) is 44.3 Å². The first-order valence-corrected chi connectivity index (χ1v) is 14.5. The smallest absolute Gasteiger partial charge is 0.337 e. The summed E-state index contributed by atoms with van der Waals surface area (Å²) in [6.45, 7) is 6.42. The predicted molar refractivity (Wildman–Crippen MR) is 157 cm³/mol. The molecule has 218 valence electrons. The van der Waals surface area contributed by atoms with Crippen LogP contribution in [-0.2, 0) is 31.0 Å². The van der Waals surface area contributed by atoms with E-state index in [0.717, 1.165) is 60.7 Å². The van der Waals surface area contributed by atoms with E-state index in [4.69, 9.17) is 26.1 Å². The van der Waals surface area contributed by atoms with Gasteiger partial charge in [-0.2, -0.15) is 0 Å². The first-order chi connectivity index (χ1) is 20.5. The summed E-state index contributed by atoms with van der Waals surface area (Å²) in [4.78, 5) is 28.3. The van der Waals surface area contributed by atoms with Gasteiger partial charge in [0.15, 0.2) is 0 Å². The highest BCUT2D eigenvalue weighted by Crippen LogP contribution is 2.26. The molecule has 1 fully saturated rings. The van der Waals surface area contributed by atoms with Crippen molar-refractivity contribution >= 4 is 28.6 Å². The van der Waals surface area contributed by atoms with Gasteiger partial charge < -0.3 is 18.6 Å². The topological polar surface area (TPSA) is 105 Å². The van der Waals surface area contributed by atoms with E-state index in [0.29, 0.717) is 42.2 Å². The molecular weight excluding hydrogens is 556 g/mol. The summed E-state index contributed by atoms with van der Waals surface area (Å²) in [6, 6.07) is 11.4. The molecule has 4 aromatic heterocycles. The summed E-state index contributed by atoms with van der Waals surface area (Å²) in [5.74, 6) is 1.18. The maximum absolute atomic E-state index is 12.3. The molecule has 42 heavy (non-hydrogen) atoms. The quantitative estimate of drug-likeness (QED) is 0.215. The van der Waals surface area contributed by atoms with Gasteiger partial charge in [-0.05, 0) is 50.1 Å². The van der Waals surface area contributed by atoms with Crippen molar-refractivity contribution in [2.45, 2.75) is 52.0 Å². The number of likely N-dealkylation sites (tertiary alicyclic amines) is 1. The fraction of sp³-hybridized carbons (Fsp3) is 0.367. The average molecular weight is 589 g/mol.